The maximum atomic E-state index is 12.3. The molecule has 2 heterocycles. The number of aromatic nitrogens is 3. The summed E-state index contributed by atoms with van der Waals surface area (Å²) in [6, 6.07) is 11.6. The number of hydrogen-bond donors (Lipinski definition) is 1. The first-order chi connectivity index (χ1) is 9.79. The van der Waals surface area contributed by atoms with E-state index >= 15 is 0 Å². The number of rotatable bonds is 3. The molecule has 4 nitrogen and oxygen atoms in total. The number of pyridine rings is 1. The third-order valence-corrected chi connectivity index (χ3v) is 3.71. The van der Waals surface area contributed by atoms with Crippen LogP contribution in [-0.4, -0.2) is 20.7 Å². The fourth-order valence-electron chi connectivity index (χ4n) is 2.11. The maximum Gasteiger partial charge on any atom is 0.261 e. The number of nitrogens with one attached hydrogen (secondary N) is 1. The molecule has 0 aliphatic rings. The van der Waals surface area contributed by atoms with E-state index in [0.29, 0.717) is 16.2 Å². The SMILES string of the molecule is CCSc1nc2nccc(-c3ccccc3)c2c(=O)[nH]1. The number of hydrogen-bond acceptors (Lipinski definition) is 4. The lowest BCUT2D eigenvalue weighted by atomic mass is 10.0. The molecule has 1 N–H and O–H groups in total. The number of benzene rings is 1. The van der Waals surface area contributed by atoms with Crippen LogP contribution in [0.15, 0.2) is 52.5 Å². The van der Waals surface area contributed by atoms with Gasteiger partial charge in [-0.2, -0.15) is 0 Å². The molecule has 0 aliphatic heterocycles. The first kappa shape index (κ1) is 12.9. The van der Waals surface area contributed by atoms with Gasteiger partial charge in [0.25, 0.3) is 5.56 Å². The summed E-state index contributed by atoms with van der Waals surface area (Å²) in [6.07, 6.45) is 1.69. The molecular weight excluding hydrogens is 270 g/mol. The van der Waals surface area contributed by atoms with E-state index < -0.39 is 0 Å². The molecule has 3 rings (SSSR count). The molecule has 0 saturated carbocycles. The Kier molecular flexibility index (Phi) is 3.52. The summed E-state index contributed by atoms with van der Waals surface area (Å²) in [6.45, 7) is 2.02. The third-order valence-electron chi connectivity index (χ3n) is 2.95. The minimum Gasteiger partial charge on any atom is -0.301 e. The zero-order valence-electron chi connectivity index (χ0n) is 11.0. The van der Waals surface area contributed by atoms with Gasteiger partial charge >= 0.3 is 0 Å². The van der Waals surface area contributed by atoms with Crippen molar-refractivity contribution in [2.45, 2.75) is 12.1 Å². The molecule has 100 valence electrons. The van der Waals surface area contributed by atoms with Crippen molar-refractivity contribution >= 4 is 22.8 Å². The first-order valence-electron chi connectivity index (χ1n) is 6.37. The van der Waals surface area contributed by atoms with Crippen LogP contribution in [-0.2, 0) is 0 Å². The molecule has 3 aromatic rings. The van der Waals surface area contributed by atoms with Crippen molar-refractivity contribution < 1.29 is 0 Å². The van der Waals surface area contributed by atoms with Crippen LogP contribution in [0.25, 0.3) is 22.2 Å². The van der Waals surface area contributed by atoms with Gasteiger partial charge in [0.1, 0.15) is 0 Å². The summed E-state index contributed by atoms with van der Waals surface area (Å²) >= 11 is 1.50. The third kappa shape index (κ3) is 2.32. The van der Waals surface area contributed by atoms with Gasteiger partial charge in [0.05, 0.1) is 5.39 Å². The Balaban J connectivity index is 2.28. The van der Waals surface area contributed by atoms with Gasteiger partial charge in [-0.25, -0.2) is 9.97 Å². The fraction of sp³-hybridized carbons (Fsp3) is 0.133. The van der Waals surface area contributed by atoms with Crippen LogP contribution in [0.3, 0.4) is 0 Å². The van der Waals surface area contributed by atoms with E-state index in [1.54, 1.807) is 6.20 Å². The number of fused-ring (bicyclic) bond motifs is 1. The highest BCUT2D eigenvalue weighted by molar-refractivity contribution is 7.99. The van der Waals surface area contributed by atoms with Crippen LogP contribution in [0, 0.1) is 0 Å². The Hall–Kier alpha value is -2.14. The lowest BCUT2D eigenvalue weighted by Gasteiger charge is -2.06. The van der Waals surface area contributed by atoms with E-state index in [9.17, 15) is 4.79 Å². The average molecular weight is 283 g/mol. The summed E-state index contributed by atoms with van der Waals surface area (Å²) < 4.78 is 0. The topological polar surface area (TPSA) is 58.6 Å². The Morgan fingerprint density at radius 3 is 2.75 bits per heavy atom. The molecule has 0 radical (unpaired) electrons. The van der Waals surface area contributed by atoms with Gasteiger partial charge in [-0.1, -0.05) is 49.0 Å². The van der Waals surface area contributed by atoms with Gasteiger partial charge in [0.2, 0.25) is 0 Å². The highest BCUT2D eigenvalue weighted by atomic mass is 32.2. The van der Waals surface area contributed by atoms with Crippen LogP contribution < -0.4 is 5.56 Å². The van der Waals surface area contributed by atoms with Crippen LogP contribution in [0.2, 0.25) is 0 Å². The smallest absolute Gasteiger partial charge is 0.261 e. The minimum absolute atomic E-state index is 0.141. The standard InChI is InChI=1S/C15H13N3OS/c1-2-20-15-17-13-12(14(19)18-15)11(8-9-16-13)10-6-4-3-5-7-10/h3-9H,2H2,1H3,(H,16,17,18,19). The van der Waals surface area contributed by atoms with E-state index in [1.165, 1.54) is 11.8 Å². The number of H-pyrrole nitrogens is 1. The second-order valence-electron chi connectivity index (χ2n) is 4.23. The van der Waals surface area contributed by atoms with Crippen molar-refractivity contribution in [2.24, 2.45) is 0 Å². The molecule has 1 aromatic carbocycles. The summed E-state index contributed by atoms with van der Waals surface area (Å²) in [5.41, 5.74) is 2.20. The van der Waals surface area contributed by atoms with Crippen LogP contribution in [0.5, 0.6) is 0 Å². The summed E-state index contributed by atoms with van der Waals surface area (Å²) in [5, 5.41) is 1.15. The fourth-order valence-corrected chi connectivity index (χ4v) is 2.70. The highest BCUT2D eigenvalue weighted by Crippen LogP contribution is 2.24. The average Bonchev–Trinajstić information content (AvgIpc) is 2.48. The molecule has 2 aromatic heterocycles. The largest absolute Gasteiger partial charge is 0.301 e. The Labute approximate surface area is 120 Å². The summed E-state index contributed by atoms with van der Waals surface area (Å²) in [4.78, 5) is 23.8. The Bertz CT molecular complexity index is 799. The van der Waals surface area contributed by atoms with Gasteiger partial charge in [-0.3, -0.25) is 4.79 Å². The second kappa shape index (κ2) is 5.46. The molecule has 0 unspecified atom stereocenters. The molecule has 0 bridgehead atoms. The Morgan fingerprint density at radius 2 is 2.00 bits per heavy atom. The van der Waals surface area contributed by atoms with Gasteiger partial charge in [-0.05, 0) is 22.9 Å². The second-order valence-corrected chi connectivity index (χ2v) is 5.48. The van der Waals surface area contributed by atoms with Crippen molar-refractivity contribution in [3.8, 4) is 11.1 Å². The molecule has 0 amide bonds. The molecule has 0 aliphatic carbocycles. The normalized spacial score (nSPS) is 10.8. The molecule has 20 heavy (non-hydrogen) atoms. The molecule has 0 fully saturated rings. The lowest BCUT2D eigenvalue weighted by molar-refractivity contribution is 0.962. The zero-order valence-corrected chi connectivity index (χ0v) is 11.8. The number of nitrogens with zero attached hydrogens (tertiary/aromatic N) is 2. The quantitative estimate of drug-likeness (QED) is 0.593. The Morgan fingerprint density at radius 1 is 1.20 bits per heavy atom. The van der Waals surface area contributed by atoms with Crippen molar-refractivity contribution in [3.05, 3.63) is 52.9 Å². The van der Waals surface area contributed by atoms with Crippen LogP contribution in [0.4, 0.5) is 0 Å². The van der Waals surface area contributed by atoms with E-state index in [0.717, 1.165) is 16.9 Å². The first-order valence-corrected chi connectivity index (χ1v) is 7.35. The summed E-state index contributed by atoms with van der Waals surface area (Å²) in [5.74, 6) is 0.854. The van der Waals surface area contributed by atoms with E-state index in [1.807, 2.05) is 43.3 Å². The van der Waals surface area contributed by atoms with Crippen LogP contribution in [0.1, 0.15) is 6.92 Å². The minimum atomic E-state index is -0.141. The predicted octanol–water partition coefficient (Wildman–Crippen LogP) is 3.10. The molecule has 5 heteroatoms. The molecular formula is C15H13N3OS. The van der Waals surface area contributed by atoms with Crippen molar-refractivity contribution in [3.63, 3.8) is 0 Å². The van der Waals surface area contributed by atoms with Crippen LogP contribution >= 0.6 is 11.8 Å². The van der Waals surface area contributed by atoms with Gasteiger partial charge < -0.3 is 4.98 Å². The van der Waals surface area contributed by atoms with Gasteiger partial charge in [0.15, 0.2) is 10.8 Å². The lowest BCUT2D eigenvalue weighted by Crippen LogP contribution is -2.11. The van der Waals surface area contributed by atoms with E-state index in [4.69, 9.17) is 0 Å². The van der Waals surface area contributed by atoms with Crippen molar-refractivity contribution in [1.29, 1.82) is 0 Å². The van der Waals surface area contributed by atoms with Gasteiger partial charge in [0, 0.05) is 6.20 Å². The number of aromatic amines is 1. The van der Waals surface area contributed by atoms with Crippen molar-refractivity contribution in [1.82, 2.24) is 15.0 Å². The molecule has 0 atom stereocenters. The zero-order chi connectivity index (χ0) is 13.9. The van der Waals surface area contributed by atoms with E-state index in [-0.39, 0.29) is 5.56 Å². The maximum absolute atomic E-state index is 12.3. The predicted molar refractivity (Wildman–Crippen MR) is 82.0 cm³/mol. The molecule has 0 spiro atoms. The van der Waals surface area contributed by atoms with Crippen molar-refractivity contribution in [2.75, 3.05) is 5.75 Å². The summed E-state index contributed by atoms with van der Waals surface area (Å²) in [7, 11) is 0. The number of thioether (sulfide) groups is 1. The molecule has 0 saturated heterocycles. The van der Waals surface area contributed by atoms with Gasteiger partial charge in [-0.15, -0.1) is 0 Å². The highest BCUT2D eigenvalue weighted by Gasteiger charge is 2.10. The van der Waals surface area contributed by atoms with E-state index in [2.05, 4.69) is 15.0 Å². The monoisotopic (exact) mass is 283 g/mol.